The van der Waals surface area contributed by atoms with Crippen LogP contribution in [0.5, 0.6) is 0 Å². The van der Waals surface area contributed by atoms with Gasteiger partial charge in [0.05, 0.1) is 22.1 Å². The highest BCUT2D eigenvalue weighted by molar-refractivity contribution is 6.45. The summed E-state index contributed by atoms with van der Waals surface area (Å²) in [6.07, 6.45) is 1.87. The van der Waals surface area contributed by atoms with Gasteiger partial charge in [-0.3, -0.25) is 9.59 Å². The van der Waals surface area contributed by atoms with Gasteiger partial charge in [-0.1, -0.05) is 23.2 Å². The Bertz CT molecular complexity index is 834. The molecule has 4 rings (SSSR count). The molecular weight excluding hydrogens is 349 g/mol. The van der Waals surface area contributed by atoms with Crippen LogP contribution in [0.25, 0.3) is 10.9 Å². The van der Waals surface area contributed by atoms with Crippen LogP contribution < -0.4 is 0 Å². The fourth-order valence-corrected chi connectivity index (χ4v) is 4.27. The van der Waals surface area contributed by atoms with Gasteiger partial charge in [0.15, 0.2) is 0 Å². The molecule has 2 fully saturated rings. The average Bonchev–Trinajstić information content (AvgIpc) is 3.09. The van der Waals surface area contributed by atoms with Gasteiger partial charge in [0, 0.05) is 30.9 Å². The highest BCUT2D eigenvalue weighted by atomic mass is 35.5. The van der Waals surface area contributed by atoms with Crippen molar-refractivity contribution in [2.24, 2.45) is 0 Å². The predicted molar refractivity (Wildman–Crippen MR) is 93.6 cm³/mol. The largest absolute Gasteiger partial charge is 0.350 e. The molecule has 3 heterocycles. The van der Waals surface area contributed by atoms with Crippen molar-refractivity contribution in [3.05, 3.63) is 33.9 Å². The molecule has 1 aromatic carbocycles. The fourth-order valence-electron chi connectivity index (χ4n) is 3.89. The first-order valence-corrected chi connectivity index (χ1v) is 8.76. The Balaban J connectivity index is 1.65. The van der Waals surface area contributed by atoms with E-state index in [9.17, 15) is 9.59 Å². The van der Waals surface area contributed by atoms with E-state index in [1.807, 2.05) is 15.9 Å². The van der Waals surface area contributed by atoms with Gasteiger partial charge in [0.25, 0.3) is 5.91 Å². The smallest absolute Gasteiger partial charge is 0.270 e. The molecule has 1 N–H and O–H groups in total. The van der Waals surface area contributed by atoms with Crippen LogP contribution in [-0.4, -0.2) is 51.8 Å². The van der Waals surface area contributed by atoms with Crippen molar-refractivity contribution in [1.82, 2.24) is 14.8 Å². The van der Waals surface area contributed by atoms with Crippen LogP contribution in [0.4, 0.5) is 0 Å². The lowest BCUT2D eigenvalue weighted by Crippen LogP contribution is -2.56. The summed E-state index contributed by atoms with van der Waals surface area (Å²) in [7, 11) is 0. The number of aromatic amines is 1. The van der Waals surface area contributed by atoms with E-state index in [2.05, 4.69) is 4.98 Å². The molecule has 0 spiro atoms. The number of likely N-dealkylation sites (tertiary alicyclic amines) is 1. The number of aromatic nitrogens is 1. The first kappa shape index (κ1) is 15.8. The quantitative estimate of drug-likeness (QED) is 0.842. The first-order chi connectivity index (χ1) is 11.5. The van der Waals surface area contributed by atoms with E-state index in [4.69, 9.17) is 23.2 Å². The summed E-state index contributed by atoms with van der Waals surface area (Å²) in [5, 5.41) is 1.67. The highest BCUT2D eigenvalue weighted by Gasteiger charge is 2.43. The summed E-state index contributed by atoms with van der Waals surface area (Å²) in [5.41, 5.74) is 1.31. The maximum Gasteiger partial charge on any atom is 0.270 e. The maximum absolute atomic E-state index is 13.0. The van der Waals surface area contributed by atoms with Crippen LogP contribution in [0.3, 0.4) is 0 Å². The van der Waals surface area contributed by atoms with Gasteiger partial charge in [-0.25, -0.2) is 0 Å². The topological polar surface area (TPSA) is 56.4 Å². The number of piperazine rings is 1. The number of carbonyl (C=O) groups excluding carboxylic acids is 2. The van der Waals surface area contributed by atoms with Crippen molar-refractivity contribution in [2.75, 3.05) is 13.1 Å². The molecule has 24 heavy (non-hydrogen) atoms. The van der Waals surface area contributed by atoms with E-state index in [1.54, 1.807) is 19.1 Å². The van der Waals surface area contributed by atoms with Gasteiger partial charge in [-0.15, -0.1) is 0 Å². The number of rotatable bonds is 1. The molecule has 2 aliphatic rings. The third-order valence-electron chi connectivity index (χ3n) is 5.08. The van der Waals surface area contributed by atoms with E-state index in [0.29, 0.717) is 28.8 Å². The lowest BCUT2D eigenvalue weighted by Gasteiger charge is -2.40. The monoisotopic (exact) mass is 365 g/mol. The summed E-state index contributed by atoms with van der Waals surface area (Å²) >= 11 is 12.3. The minimum absolute atomic E-state index is 0.0332. The van der Waals surface area contributed by atoms with E-state index in [0.717, 1.165) is 23.7 Å². The van der Waals surface area contributed by atoms with Crippen molar-refractivity contribution < 1.29 is 9.59 Å². The maximum atomic E-state index is 13.0. The summed E-state index contributed by atoms with van der Waals surface area (Å²) < 4.78 is 0. The highest BCUT2D eigenvalue weighted by Crippen LogP contribution is 2.34. The Kier molecular flexibility index (Phi) is 3.73. The number of benzene rings is 1. The second-order valence-electron chi connectivity index (χ2n) is 6.53. The minimum Gasteiger partial charge on any atom is -0.350 e. The molecule has 0 radical (unpaired) electrons. The summed E-state index contributed by atoms with van der Waals surface area (Å²) in [6, 6.07) is 5.48. The molecule has 0 aliphatic carbocycles. The van der Waals surface area contributed by atoms with E-state index < -0.39 is 0 Å². The molecule has 7 heteroatoms. The van der Waals surface area contributed by atoms with Gasteiger partial charge in [0.2, 0.25) is 5.91 Å². The molecule has 2 aliphatic heterocycles. The lowest BCUT2D eigenvalue weighted by atomic mass is 10.1. The summed E-state index contributed by atoms with van der Waals surface area (Å²) in [4.78, 5) is 31.6. The number of nitrogens with zero attached hydrogens (tertiary/aromatic N) is 2. The van der Waals surface area contributed by atoms with Gasteiger partial charge in [-0.05, 0) is 31.0 Å². The molecule has 5 nitrogen and oxygen atoms in total. The van der Waals surface area contributed by atoms with Crippen LogP contribution in [0.15, 0.2) is 18.2 Å². The number of hydrogen-bond donors (Lipinski definition) is 1. The van der Waals surface area contributed by atoms with Crippen LogP contribution in [0.1, 0.15) is 30.3 Å². The summed E-state index contributed by atoms with van der Waals surface area (Å²) in [5.74, 6) is 0.0418. The zero-order valence-corrected chi connectivity index (χ0v) is 14.7. The van der Waals surface area contributed by atoms with Gasteiger partial charge >= 0.3 is 0 Å². The summed E-state index contributed by atoms with van der Waals surface area (Å²) in [6.45, 7) is 2.81. The third-order valence-corrected chi connectivity index (χ3v) is 5.90. The van der Waals surface area contributed by atoms with Crippen molar-refractivity contribution in [1.29, 1.82) is 0 Å². The van der Waals surface area contributed by atoms with Crippen LogP contribution in [-0.2, 0) is 4.79 Å². The Morgan fingerprint density at radius 3 is 2.46 bits per heavy atom. The lowest BCUT2D eigenvalue weighted by molar-refractivity contribution is -0.131. The van der Waals surface area contributed by atoms with Crippen LogP contribution in [0, 0.1) is 0 Å². The number of fused-ring (bicyclic) bond motifs is 3. The molecular formula is C17H17Cl2N3O2. The molecule has 2 unspecified atom stereocenters. The molecule has 2 saturated heterocycles. The predicted octanol–water partition coefficient (Wildman–Crippen LogP) is 3.31. The number of nitrogens with one attached hydrogen (secondary N) is 1. The molecule has 2 bridgehead atoms. The normalized spacial score (nSPS) is 23.1. The Morgan fingerprint density at radius 2 is 1.83 bits per heavy atom. The standard InChI is InChI=1S/C17H17Cl2N3O2/c1-9(23)21-7-10-2-3-11(8-21)22(10)17(24)15-6-12-14(20-15)5-4-13(18)16(12)19/h4-6,10-11,20H,2-3,7-8H2,1H3. The molecule has 2 amide bonds. The number of H-pyrrole nitrogens is 1. The average molecular weight is 366 g/mol. The van der Waals surface area contributed by atoms with E-state index in [-0.39, 0.29) is 23.9 Å². The molecule has 1 aromatic heterocycles. The molecule has 0 saturated carbocycles. The van der Waals surface area contributed by atoms with Gasteiger partial charge in [0.1, 0.15) is 5.69 Å². The number of carbonyl (C=O) groups is 2. The fraction of sp³-hybridized carbons (Fsp3) is 0.412. The van der Waals surface area contributed by atoms with Crippen molar-refractivity contribution in [2.45, 2.75) is 31.8 Å². The van der Waals surface area contributed by atoms with Crippen LogP contribution in [0.2, 0.25) is 10.0 Å². The zero-order chi connectivity index (χ0) is 17.0. The Labute approximate surface area is 149 Å². The molecule has 2 atom stereocenters. The van der Waals surface area contributed by atoms with Crippen molar-refractivity contribution >= 4 is 45.9 Å². The van der Waals surface area contributed by atoms with E-state index in [1.165, 1.54) is 0 Å². The van der Waals surface area contributed by atoms with Crippen molar-refractivity contribution in [3.63, 3.8) is 0 Å². The Morgan fingerprint density at radius 1 is 1.17 bits per heavy atom. The Hall–Kier alpha value is -1.72. The zero-order valence-electron chi connectivity index (χ0n) is 13.2. The number of amides is 2. The van der Waals surface area contributed by atoms with Crippen molar-refractivity contribution in [3.8, 4) is 0 Å². The van der Waals surface area contributed by atoms with Crippen LogP contribution >= 0.6 is 23.2 Å². The minimum atomic E-state index is -0.0332. The number of halogens is 2. The van der Waals surface area contributed by atoms with E-state index >= 15 is 0 Å². The second-order valence-corrected chi connectivity index (χ2v) is 7.31. The molecule has 126 valence electrons. The second kappa shape index (κ2) is 5.67. The molecule has 2 aromatic rings. The third kappa shape index (κ3) is 2.38. The number of hydrogen-bond acceptors (Lipinski definition) is 2. The van der Waals surface area contributed by atoms with Gasteiger partial charge < -0.3 is 14.8 Å². The SMILES string of the molecule is CC(=O)N1CC2CCC(C1)N2C(=O)c1cc2c(Cl)c(Cl)ccc2[nH]1. The van der Waals surface area contributed by atoms with Gasteiger partial charge in [-0.2, -0.15) is 0 Å². The first-order valence-electron chi connectivity index (χ1n) is 8.00.